The van der Waals surface area contributed by atoms with Crippen molar-refractivity contribution in [2.75, 3.05) is 13.2 Å². The average molecular weight is 318 g/mol. The number of carboxylic acid groups (broad SMARTS) is 1. The fraction of sp³-hybridized carbons (Fsp3) is 0.385. The number of rotatable bonds is 3. The van der Waals surface area contributed by atoms with E-state index in [4.69, 9.17) is 27.9 Å². The number of carbonyl (C=O) groups is 2. The summed E-state index contributed by atoms with van der Waals surface area (Å²) in [5.41, 5.74) is 0.546. The van der Waals surface area contributed by atoms with Gasteiger partial charge in [0.25, 0.3) is 0 Å². The van der Waals surface area contributed by atoms with E-state index in [1.807, 2.05) is 0 Å². The molecular weight excluding hydrogens is 305 g/mol. The second-order valence-corrected chi connectivity index (χ2v) is 5.27. The van der Waals surface area contributed by atoms with E-state index < -0.39 is 18.1 Å². The third kappa shape index (κ3) is 2.90. The van der Waals surface area contributed by atoms with Gasteiger partial charge in [-0.1, -0.05) is 23.2 Å². The Bertz CT molecular complexity index is 527. The number of hydrogen-bond donors (Lipinski definition) is 1. The first-order valence-electron chi connectivity index (χ1n) is 6.04. The molecule has 0 radical (unpaired) electrons. The third-order valence-corrected chi connectivity index (χ3v) is 3.58. The first-order chi connectivity index (χ1) is 9.43. The van der Waals surface area contributed by atoms with E-state index in [0.29, 0.717) is 22.2 Å². The number of benzene rings is 1. The molecule has 2 atom stereocenters. The minimum atomic E-state index is -1.14. The van der Waals surface area contributed by atoms with Crippen LogP contribution in [0.15, 0.2) is 18.2 Å². The van der Waals surface area contributed by atoms with Gasteiger partial charge in [-0.2, -0.15) is 0 Å². The number of hydrogen-bond acceptors (Lipinski definition) is 3. The highest BCUT2D eigenvalue weighted by atomic mass is 35.5. The van der Waals surface area contributed by atoms with E-state index in [-0.39, 0.29) is 12.5 Å². The summed E-state index contributed by atoms with van der Waals surface area (Å²) in [6, 6.07) is 4.00. The summed E-state index contributed by atoms with van der Waals surface area (Å²) in [4.78, 5) is 24.7. The molecular formula is C13H13Cl2NO4. The quantitative estimate of drug-likeness (QED) is 0.929. The Morgan fingerprint density at radius 1 is 1.40 bits per heavy atom. The van der Waals surface area contributed by atoms with Gasteiger partial charge in [-0.25, -0.2) is 4.79 Å². The van der Waals surface area contributed by atoms with E-state index in [0.717, 1.165) is 0 Å². The van der Waals surface area contributed by atoms with E-state index >= 15 is 0 Å². The van der Waals surface area contributed by atoms with Gasteiger partial charge in [0.1, 0.15) is 6.61 Å². The van der Waals surface area contributed by atoms with Crippen molar-refractivity contribution in [2.24, 2.45) is 0 Å². The minimum Gasteiger partial charge on any atom is -0.479 e. The van der Waals surface area contributed by atoms with Crippen LogP contribution in [0, 0.1) is 0 Å². The van der Waals surface area contributed by atoms with Crippen molar-refractivity contribution in [2.45, 2.75) is 19.1 Å². The number of nitrogens with zero attached hydrogens (tertiary/aromatic N) is 1. The second kappa shape index (κ2) is 5.99. The summed E-state index contributed by atoms with van der Waals surface area (Å²) in [6.07, 6.45) is -1.14. The van der Waals surface area contributed by atoms with Crippen molar-refractivity contribution in [3.05, 3.63) is 33.8 Å². The first kappa shape index (κ1) is 15.1. The highest BCUT2D eigenvalue weighted by Gasteiger charge is 2.41. The van der Waals surface area contributed by atoms with Crippen LogP contribution in [0.5, 0.6) is 0 Å². The molecule has 1 aliphatic rings. The Hall–Kier alpha value is -1.30. The predicted octanol–water partition coefficient (Wildman–Crippen LogP) is 2.37. The molecule has 1 aromatic rings. The van der Waals surface area contributed by atoms with Crippen molar-refractivity contribution in [1.29, 1.82) is 0 Å². The molecule has 1 fully saturated rings. The summed E-state index contributed by atoms with van der Waals surface area (Å²) < 4.78 is 5.15. The first-order valence-corrected chi connectivity index (χ1v) is 6.79. The Morgan fingerprint density at radius 3 is 2.50 bits per heavy atom. The van der Waals surface area contributed by atoms with Crippen LogP contribution in [-0.2, 0) is 14.3 Å². The Morgan fingerprint density at radius 2 is 2.00 bits per heavy atom. The Labute approximate surface area is 126 Å². The van der Waals surface area contributed by atoms with Crippen LogP contribution in [-0.4, -0.2) is 41.1 Å². The lowest BCUT2D eigenvalue weighted by molar-refractivity contribution is -0.172. The summed E-state index contributed by atoms with van der Waals surface area (Å²) in [7, 11) is 0. The van der Waals surface area contributed by atoms with Gasteiger partial charge in [0, 0.05) is 16.6 Å². The lowest BCUT2D eigenvalue weighted by atomic mass is 9.97. The second-order valence-electron chi connectivity index (χ2n) is 4.40. The zero-order chi connectivity index (χ0) is 14.9. The molecule has 7 heteroatoms. The number of carboxylic acids is 1. The number of aliphatic carboxylic acids is 1. The molecule has 1 N–H and O–H groups in total. The van der Waals surface area contributed by atoms with Crippen molar-refractivity contribution in [3.63, 3.8) is 0 Å². The summed E-state index contributed by atoms with van der Waals surface area (Å²) in [5.74, 6) is -1.39. The van der Waals surface area contributed by atoms with E-state index in [1.54, 1.807) is 25.1 Å². The zero-order valence-corrected chi connectivity index (χ0v) is 12.2. The number of morpholine rings is 1. The maximum Gasteiger partial charge on any atom is 0.335 e. The van der Waals surface area contributed by atoms with Crippen molar-refractivity contribution >= 4 is 35.1 Å². The standard InChI is InChI=1S/C13H13Cl2NO4/c1-2-16-10(17)6-20-12(13(18)19)11(16)7-3-8(14)5-9(15)4-7/h3-5,11-12H,2,6H2,1H3,(H,18,19). The van der Waals surface area contributed by atoms with E-state index in [2.05, 4.69) is 0 Å². The number of amides is 1. The molecule has 1 heterocycles. The lowest BCUT2D eigenvalue weighted by Crippen LogP contribution is -2.51. The fourth-order valence-corrected chi connectivity index (χ4v) is 2.88. The SMILES string of the molecule is CCN1C(=O)COC(C(=O)O)C1c1cc(Cl)cc(Cl)c1. The molecule has 108 valence electrons. The number of halogens is 2. The van der Waals surface area contributed by atoms with Gasteiger partial charge < -0.3 is 14.7 Å². The van der Waals surface area contributed by atoms with E-state index in [1.165, 1.54) is 4.90 Å². The molecule has 0 bridgehead atoms. The molecule has 2 unspecified atom stereocenters. The van der Waals surface area contributed by atoms with Crippen LogP contribution in [0.4, 0.5) is 0 Å². The minimum absolute atomic E-state index is 0.240. The highest BCUT2D eigenvalue weighted by Crippen LogP contribution is 2.33. The van der Waals surface area contributed by atoms with Crippen LogP contribution in [0.2, 0.25) is 10.0 Å². The van der Waals surface area contributed by atoms with Gasteiger partial charge in [-0.3, -0.25) is 4.79 Å². The molecule has 1 amide bonds. The van der Waals surface area contributed by atoms with Crippen LogP contribution in [0.3, 0.4) is 0 Å². The highest BCUT2D eigenvalue weighted by molar-refractivity contribution is 6.34. The van der Waals surface area contributed by atoms with Gasteiger partial charge in [-0.15, -0.1) is 0 Å². The monoisotopic (exact) mass is 317 g/mol. The molecule has 0 aromatic heterocycles. The van der Waals surface area contributed by atoms with Crippen LogP contribution in [0.1, 0.15) is 18.5 Å². The number of ether oxygens (including phenoxy) is 1. The zero-order valence-electron chi connectivity index (χ0n) is 10.7. The number of likely N-dealkylation sites (N-methyl/N-ethyl adjacent to an activating group) is 1. The Balaban J connectivity index is 2.49. The molecule has 1 saturated heterocycles. The topological polar surface area (TPSA) is 66.8 Å². The molecule has 20 heavy (non-hydrogen) atoms. The lowest BCUT2D eigenvalue weighted by Gasteiger charge is -2.39. The molecule has 2 rings (SSSR count). The number of carbonyl (C=O) groups excluding carboxylic acids is 1. The Kier molecular flexibility index (Phi) is 4.52. The summed E-state index contributed by atoms with van der Waals surface area (Å²) >= 11 is 11.9. The fourth-order valence-electron chi connectivity index (χ4n) is 2.33. The molecule has 1 aliphatic heterocycles. The van der Waals surface area contributed by atoms with Gasteiger partial charge in [0.05, 0.1) is 6.04 Å². The normalized spacial score (nSPS) is 22.9. The predicted molar refractivity (Wildman–Crippen MR) is 74.0 cm³/mol. The maximum atomic E-state index is 11.9. The van der Waals surface area contributed by atoms with Crippen molar-refractivity contribution in [1.82, 2.24) is 4.90 Å². The van der Waals surface area contributed by atoms with Gasteiger partial charge in [0.15, 0.2) is 6.10 Å². The van der Waals surface area contributed by atoms with Crippen molar-refractivity contribution in [3.8, 4) is 0 Å². The van der Waals surface area contributed by atoms with Gasteiger partial charge in [-0.05, 0) is 30.7 Å². The molecule has 0 spiro atoms. The smallest absolute Gasteiger partial charge is 0.335 e. The largest absolute Gasteiger partial charge is 0.479 e. The molecule has 1 aromatic carbocycles. The van der Waals surface area contributed by atoms with Crippen LogP contribution >= 0.6 is 23.2 Å². The molecule has 5 nitrogen and oxygen atoms in total. The van der Waals surface area contributed by atoms with Crippen molar-refractivity contribution < 1.29 is 19.4 Å². The van der Waals surface area contributed by atoms with E-state index in [9.17, 15) is 14.7 Å². The molecule has 0 aliphatic carbocycles. The van der Waals surface area contributed by atoms with Crippen LogP contribution < -0.4 is 0 Å². The summed E-state index contributed by atoms with van der Waals surface area (Å²) in [6.45, 7) is 1.91. The van der Waals surface area contributed by atoms with Gasteiger partial charge >= 0.3 is 5.97 Å². The van der Waals surface area contributed by atoms with Gasteiger partial charge in [0.2, 0.25) is 5.91 Å². The van der Waals surface area contributed by atoms with Crippen LogP contribution in [0.25, 0.3) is 0 Å². The molecule has 0 saturated carbocycles. The summed E-state index contributed by atoms with van der Waals surface area (Å²) in [5, 5.41) is 10.0. The maximum absolute atomic E-state index is 11.9. The third-order valence-electron chi connectivity index (χ3n) is 3.14. The average Bonchev–Trinajstić information content (AvgIpc) is 2.36.